The molecular weight excluding hydrogens is 256 g/mol. The Balaban J connectivity index is 1.73. The number of nitrogens with zero attached hydrogens (tertiary/aromatic N) is 1. The molecule has 3 unspecified atom stereocenters. The number of nitrogens with two attached hydrogens (primary N) is 1. The smallest absolute Gasteiger partial charge is 0.251 e. The lowest BCUT2D eigenvalue weighted by Gasteiger charge is -2.20. The normalized spacial score (nSPS) is 27.6. The molecule has 2 aliphatic rings. The van der Waals surface area contributed by atoms with Crippen LogP contribution in [0.5, 0.6) is 0 Å². The number of hydrogen-bond acceptors (Lipinski definition) is 5. The van der Waals surface area contributed by atoms with Crippen molar-refractivity contribution < 1.29 is 9.53 Å². The van der Waals surface area contributed by atoms with Gasteiger partial charge in [-0.15, -0.1) is 0 Å². The van der Waals surface area contributed by atoms with E-state index in [1.807, 2.05) is 13.0 Å². The summed E-state index contributed by atoms with van der Waals surface area (Å²) in [5.41, 5.74) is 3.93. The van der Waals surface area contributed by atoms with Crippen molar-refractivity contribution in [1.29, 1.82) is 0 Å². The molecule has 1 aromatic rings. The molecule has 0 spiro atoms. The van der Waals surface area contributed by atoms with Gasteiger partial charge in [0.2, 0.25) is 0 Å². The van der Waals surface area contributed by atoms with Gasteiger partial charge in [0.05, 0.1) is 18.2 Å². The molecule has 2 aliphatic heterocycles. The molecule has 108 valence electrons. The van der Waals surface area contributed by atoms with E-state index >= 15 is 0 Å². The average Bonchev–Trinajstić information content (AvgIpc) is 3.09. The summed E-state index contributed by atoms with van der Waals surface area (Å²) in [5, 5.41) is 3.07. The topological polar surface area (TPSA) is 89.3 Å². The fourth-order valence-corrected chi connectivity index (χ4v) is 3.02. The molecule has 2 fully saturated rings. The van der Waals surface area contributed by atoms with Crippen molar-refractivity contribution in [1.82, 2.24) is 10.3 Å². The number of hydrazine groups is 1. The third kappa shape index (κ3) is 2.48. The number of carbonyl (C=O) groups excluding carboxylic acids is 1. The highest BCUT2D eigenvalue weighted by Gasteiger charge is 2.41. The van der Waals surface area contributed by atoms with Gasteiger partial charge in [0.25, 0.3) is 5.91 Å². The van der Waals surface area contributed by atoms with Crippen LogP contribution in [-0.4, -0.2) is 29.1 Å². The minimum absolute atomic E-state index is 0.0836. The Hall–Kier alpha value is -1.66. The molecule has 6 heteroatoms. The minimum Gasteiger partial charge on any atom is -0.373 e. The summed E-state index contributed by atoms with van der Waals surface area (Å²) in [4.78, 5) is 16.6. The molecule has 2 bridgehead atoms. The fourth-order valence-electron chi connectivity index (χ4n) is 3.02. The van der Waals surface area contributed by atoms with Crippen LogP contribution in [0.3, 0.4) is 0 Å². The van der Waals surface area contributed by atoms with Crippen molar-refractivity contribution in [2.45, 2.75) is 50.9 Å². The molecule has 20 heavy (non-hydrogen) atoms. The molecule has 3 atom stereocenters. The lowest BCUT2D eigenvalue weighted by atomic mass is 9.95. The summed E-state index contributed by atoms with van der Waals surface area (Å²) < 4.78 is 5.75. The zero-order valence-corrected chi connectivity index (χ0v) is 11.6. The number of fused-ring (bicyclic) bond motifs is 2. The Bertz CT molecular complexity index is 498. The number of ether oxygens (including phenoxy) is 1. The lowest BCUT2D eigenvalue weighted by Crippen LogP contribution is -2.41. The van der Waals surface area contributed by atoms with E-state index in [0.29, 0.717) is 17.5 Å². The molecule has 0 radical (unpaired) electrons. The summed E-state index contributed by atoms with van der Waals surface area (Å²) >= 11 is 0. The average molecular weight is 276 g/mol. The zero-order chi connectivity index (χ0) is 14.1. The monoisotopic (exact) mass is 276 g/mol. The van der Waals surface area contributed by atoms with Crippen molar-refractivity contribution >= 4 is 11.7 Å². The Morgan fingerprint density at radius 2 is 2.35 bits per heavy atom. The number of hydrogen-bond donors (Lipinski definition) is 3. The fraction of sp³-hybridized carbons (Fsp3) is 0.571. The standard InChI is InChI=1S/C14H20N4O2/c1-2-9-5-8(6-13(16-9)18-15)14(19)17-11-7-10-3-4-12(11)20-10/h5-6,10-12H,2-4,7,15H2,1H3,(H,16,18)(H,17,19). The van der Waals surface area contributed by atoms with Gasteiger partial charge in [-0.25, -0.2) is 10.8 Å². The van der Waals surface area contributed by atoms with Gasteiger partial charge in [0, 0.05) is 11.3 Å². The summed E-state index contributed by atoms with van der Waals surface area (Å²) in [6, 6.07) is 3.61. The molecule has 0 saturated carbocycles. The number of amides is 1. The second kappa shape index (κ2) is 5.38. The van der Waals surface area contributed by atoms with E-state index in [1.54, 1.807) is 6.07 Å². The molecule has 3 rings (SSSR count). The van der Waals surface area contributed by atoms with E-state index in [0.717, 1.165) is 31.4 Å². The molecule has 1 aromatic heterocycles. The van der Waals surface area contributed by atoms with Crippen LogP contribution >= 0.6 is 0 Å². The Morgan fingerprint density at radius 3 is 2.95 bits per heavy atom. The van der Waals surface area contributed by atoms with Gasteiger partial charge in [-0.05, 0) is 37.8 Å². The number of pyridine rings is 1. The second-order valence-corrected chi connectivity index (χ2v) is 5.42. The number of nitrogens with one attached hydrogen (secondary N) is 2. The second-order valence-electron chi connectivity index (χ2n) is 5.42. The van der Waals surface area contributed by atoms with Crippen LogP contribution < -0.4 is 16.6 Å². The van der Waals surface area contributed by atoms with Crippen LogP contribution in [-0.2, 0) is 11.2 Å². The Morgan fingerprint density at radius 1 is 1.50 bits per heavy atom. The zero-order valence-electron chi connectivity index (χ0n) is 11.6. The highest BCUT2D eigenvalue weighted by atomic mass is 16.5. The number of aromatic nitrogens is 1. The largest absolute Gasteiger partial charge is 0.373 e. The number of nitrogen functional groups attached to an aromatic ring is 1. The third-order valence-electron chi connectivity index (χ3n) is 4.07. The van der Waals surface area contributed by atoms with Crippen LogP contribution in [0, 0.1) is 0 Å². The van der Waals surface area contributed by atoms with Crippen LogP contribution in [0.2, 0.25) is 0 Å². The van der Waals surface area contributed by atoms with Crippen molar-refractivity contribution in [2.24, 2.45) is 5.84 Å². The number of aryl methyl sites for hydroxylation is 1. The quantitative estimate of drug-likeness (QED) is 0.563. The van der Waals surface area contributed by atoms with Crippen molar-refractivity contribution in [2.75, 3.05) is 5.43 Å². The first kappa shape index (κ1) is 13.3. The molecule has 2 saturated heterocycles. The highest BCUT2D eigenvalue weighted by molar-refractivity contribution is 5.95. The summed E-state index contributed by atoms with van der Waals surface area (Å²) in [5.74, 6) is 5.82. The van der Waals surface area contributed by atoms with E-state index in [-0.39, 0.29) is 18.1 Å². The van der Waals surface area contributed by atoms with Gasteiger partial charge in [0.1, 0.15) is 5.82 Å². The van der Waals surface area contributed by atoms with E-state index in [9.17, 15) is 4.79 Å². The molecular formula is C14H20N4O2. The summed E-state index contributed by atoms with van der Waals surface area (Å²) in [7, 11) is 0. The molecule has 1 amide bonds. The van der Waals surface area contributed by atoms with E-state index in [1.165, 1.54) is 0 Å². The minimum atomic E-state index is -0.0836. The number of anilines is 1. The SMILES string of the molecule is CCc1cc(C(=O)NC2CC3CCC2O3)cc(NN)n1. The summed E-state index contributed by atoms with van der Waals surface area (Å²) in [6.45, 7) is 1.99. The van der Waals surface area contributed by atoms with E-state index in [2.05, 4.69) is 15.7 Å². The van der Waals surface area contributed by atoms with Crippen LogP contribution in [0.25, 0.3) is 0 Å². The van der Waals surface area contributed by atoms with Crippen molar-refractivity contribution in [3.8, 4) is 0 Å². The van der Waals surface area contributed by atoms with Crippen molar-refractivity contribution in [3.63, 3.8) is 0 Å². The maximum Gasteiger partial charge on any atom is 0.251 e. The van der Waals surface area contributed by atoms with E-state index in [4.69, 9.17) is 10.6 Å². The maximum atomic E-state index is 12.4. The lowest BCUT2D eigenvalue weighted by molar-refractivity contribution is 0.0841. The molecule has 0 aliphatic carbocycles. The van der Waals surface area contributed by atoms with Gasteiger partial charge >= 0.3 is 0 Å². The third-order valence-corrected chi connectivity index (χ3v) is 4.07. The summed E-state index contributed by atoms with van der Waals surface area (Å²) in [6.07, 6.45) is 4.35. The number of carbonyl (C=O) groups is 1. The predicted octanol–water partition coefficient (Wildman–Crippen LogP) is 0.979. The van der Waals surface area contributed by atoms with E-state index < -0.39 is 0 Å². The molecule has 0 aromatic carbocycles. The molecule has 3 heterocycles. The highest BCUT2D eigenvalue weighted by Crippen LogP contribution is 2.34. The van der Waals surface area contributed by atoms with Crippen molar-refractivity contribution in [3.05, 3.63) is 23.4 Å². The molecule has 4 N–H and O–H groups in total. The first-order valence-corrected chi connectivity index (χ1v) is 7.13. The van der Waals surface area contributed by atoms with Crippen LogP contribution in [0.4, 0.5) is 5.82 Å². The van der Waals surface area contributed by atoms with Gasteiger partial charge in [-0.3, -0.25) is 4.79 Å². The Labute approximate surface area is 118 Å². The van der Waals surface area contributed by atoms with Gasteiger partial charge in [0.15, 0.2) is 0 Å². The number of rotatable bonds is 4. The predicted molar refractivity (Wildman–Crippen MR) is 75.2 cm³/mol. The maximum absolute atomic E-state index is 12.4. The van der Waals surface area contributed by atoms with Gasteiger partial charge in [-0.1, -0.05) is 6.92 Å². The van der Waals surface area contributed by atoms with Crippen LogP contribution in [0.15, 0.2) is 12.1 Å². The molecule has 6 nitrogen and oxygen atoms in total. The Kier molecular flexibility index (Phi) is 3.58. The van der Waals surface area contributed by atoms with Gasteiger partial charge in [-0.2, -0.15) is 0 Å². The van der Waals surface area contributed by atoms with Crippen LogP contribution in [0.1, 0.15) is 42.2 Å². The first-order chi connectivity index (χ1) is 9.69. The first-order valence-electron chi connectivity index (χ1n) is 7.13. The van der Waals surface area contributed by atoms with Gasteiger partial charge < -0.3 is 15.5 Å².